The Balaban J connectivity index is 1.49. The first kappa shape index (κ1) is 44.0. The number of ether oxygens (including phenoxy) is 4. The number of allylic oxidation sites excluding steroid dienone is 1. The maximum absolute atomic E-state index is 15.5. The van der Waals surface area contributed by atoms with Gasteiger partial charge in [-0.2, -0.15) is 4.31 Å². The molecule has 2 aliphatic heterocycles. The van der Waals surface area contributed by atoms with Gasteiger partial charge in [0.2, 0.25) is 22.1 Å². The summed E-state index contributed by atoms with van der Waals surface area (Å²) in [7, 11) is -4.27. The van der Waals surface area contributed by atoms with E-state index in [0.717, 1.165) is 49.7 Å². The molecule has 60 heavy (non-hydrogen) atoms. The smallest absolute Gasteiger partial charge is 0.245 e. The first-order chi connectivity index (χ1) is 29.3. The van der Waals surface area contributed by atoms with Crippen molar-refractivity contribution in [3.8, 4) is 11.5 Å². The lowest BCUT2D eigenvalue weighted by Crippen LogP contribution is -2.70. The normalized spacial score (nSPS) is 26.8. The Morgan fingerprint density at radius 1 is 1.02 bits per heavy atom. The molecule has 13 heteroatoms. The fourth-order valence-corrected chi connectivity index (χ4v) is 11.8. The summed E-state index contributed by atoms with van der Waals surface area (Å²) in [5, 5.41) is 25.5. The van der Waals surface area contributed by atoms with E-state index in [4.69, 9.17) is 28.9 Å². The SMILES string of the molecule is C=CCOc1ccc2c(c1)C1C(CCCCO)C(CCCCO)C=C3C(=NOC4CCCCO4)CC(N(CCC)S(=O)(=O)c4cccc5cccnc45)C(OCC=C)(O2)C31. The Labute approximate surface area is 355 Å². The summed E-state index contributed by atoms with van der Waals surface area (Å²) >= 11 is 0. The molecule has 2 fully saturated rings. The van der Waals surface area contributed by atoms with Gasteiger partial charge in [0, 0.05) is 55.7 Å². The van der Waals surface area contributed by atoms with Gasteiger partial charge in [-0.25, -0.2) is 8.42 Å². The molecule has 0 bridgehead atoms. The van der Waals surface area contributed by atoms with E-state index in [1.165, 1.54) is 0 Å². The number of hydrogen-bond acceptors (Lipinski definition) is 11. The van der Waals surface area contributed by atoms with Gasteiger partial charge in [-0.05, 0) is 92.7 Å². The molecule has 0 spiro atoms. The van der Waals surface area contributed by atoms with Crippen LogP contribution in [0, 0.1) is 17.8 Å². The molecule has 7 unspecified atom stereocenters. The van der Waals surface area contributed by atoms with E-state index in [0.29, 0.717) is 67.0 Å². The molecule has 0 amide bonds. The highest BCUT2D eigenvalue weighted by Gasteiger charge is 2.66. The number of fused-ring (bicyclic) bond motifs is 3. The number of oxime groups is 1. The first-order valence-electron chi connectivity index (χ1n) is 21.8. The van der Waals surface area contributed by atoms with E-state index in [-0.39, 0.29) is 55.4 Å². The van der Waals surface area contributed by atoms with E-state index in [1.807, 2.05) is 37.3 Å². The molecule has 7 rings (SSSR count). The third kappa shape index (κ3) is 8.94. The molecule has 0 radical (unpaired) electrons. The molecule has 1 saturated heterocycles. The second kappa shape index (κ2) is 20.2. The summed E-state index contributed by atoms with van der Waals surface area (Å²) in [4.78, 5) is 10.9. The fourth-order valence-electron chi connectivity index (χ4n) is 9.86. The molecule has 7 atom stereocenters. The number of pyridine rings is 1. The summed E-state index contributed by atoms with van der Waals surface area (Å²) < 4.78 is 59.1. The van der Waals surface area contributed by atoms with Crippen LogP contribution in [0.5, 0.6) is 11.5 Å². The summed E-state index contributed by atoms with van der Waals surface area (Å²) in [6.07, 6.45) is 14.5. The maximum atomic E-state index is 15.5. The number of aliphatic hydroxyl groups is 2. The van der Waals surface area contributed by atoms with Crippen molar-refractivity contribution >= 4 is 26.6 Å². The van der Waals surface area contributed by atoms with Crippen molar-refractivity contribution in [2.24, 2.45) is 22.9 Å². The van der Waals surface area contributed by atoms with Gasteiger partial charge < -0.3 is 34.0 Å². The van der Waals surface area contributed by atoms with Crippen LogP contribution in [0.3, 0.4) is 0 Å². The maximum Gasteiger partial charge on any atom is 0.245 e. The van der Waals surface area contributed by atoms with Crippen LogP contribution in [-0.2, 0) is 24.3 Å². The Hall–Kier alpha value is -4.11. The average Bonchev–Trinajstić information content (AvgIpc) is 3.27. The Morgan fingerprint density at radius 2 is 1.82 bits per heavy atom. The van der Waals surface area contributed by atoms with E-state index in [2.05, 4.69) is 24.2 Å². The first-order valence-corrected chi connectivity index (χ1v) is 23.2. The topological polar surface area (TPSA) is 149 Å². The molecule has 12 nitrogen and oxygen atoms in total. The van der Waals surface area contributed by atoms with Crippen molar-refractivity contribution in [2.75, 3.05) is 39.6 Å². The second-order valence-electron chi connectivity index (χ2n) is 16.2. The van der Waals surface area contributed by atoms with Gasteiger partial charge in [0.1, 0.15) is 23.0 Å². The van der Waals surface area contributed by atoms with Crippen molar-refractivity contribution in [2.45, 2.75) is 106 Å². The van der Waals surface area contributed by atoms with E-state index >= 15 is 8.42 Å². The largest absolute Gasteiger partial charge is 0.490 e. The summed E-state index contributed by atoms with van der Waals surface area (Å²) in [5.41, 5.74) is 2.84. The van der Waals surface area contributed by atoms with Crippen LogP contribution in [0.1, 0.15) is 89.0 Å². The lowest BCUT2D eigenvalue weighted by molar-refractivity contribution is -0.251. The third-order valence-corrected chi connectivity index (χ3v) is 14.3. The third-order valence-electron chi connectivity index (χ3n) is 12.4. The Bertz CT molecular complexity index is 2110. The van der Waals surface area contributed by atoms with Crippen LogP contribution in [-0.4, -0.2) is 91.3 Å². The van der Waals surface area contributed by atoms with Gasteiger partial charge in [0.15, 0.2) is 0 Å². The van der Waals surface area contributed by atoms with Crippen LogP contribution in [0.25, 0.3) is 10.9 Å². The van der Waals surface area contributed by atoms with Crippen LogP contribution in [0.2, 0.25) is 0 Å². The summed E-state index contributed by atoms with van der Waals surface area (Å²) in [5.74, 6) is -1.03. The highest BCUT2D eigenvalue weighted by Crippen LogP contribution is 2.62. The van der Waals surface area contributed by atoms with E-state index < -0.39 is 34.1 Å². The number of sulfonamides is 1. The van der Waals surface area contributed by atoms with Crippen molar-refractivity contribution in [1.29, 1.82) is 0 Å². The lowest BCUT2D eigenvalue weighted by Gasteiger charge is -2.59. The van der Waals surface area contributed by atoms with E-state index in [1.54, 1.807) is 40.9 Å². The molecule has 3 heterocycles. The molecule has 4 aliphatic rings. The molecular formula is C47H61N3O9S. The molecule has 1 saturated carbocycles. The van der Waals surface area contributed by atoms with Crippen molar-refractivity contribution < 1.29 is 42.4 Å². The molecule has 2 aliphatic carbocycles. The van der Waals surface area contributed by atoms with Crippen LogP contribution in [0.15, 0.2) is 102 Å². The Kier molecular flexibility index (Phi) is 14.8. The number of hydrogen-bond donors (Lipinski definition) is 2. The van der Waals surface area contributed by atoms with E-state index in [9.17, 15) is 10.2 Å². The highest BCUT2D eigenvalue weighted by atomic mass is 32.2. The molecule has 1 aromatic heterocycles. The average molecular weight is 844 g/mol. The van der Waals surface area contributed by atoms with Crippen molar-refractivity contribution in [3.63, 3.8) is 0 Å². The number of nitrogens with zero attached hydrogens (tertiary/aromatic N) is 3. The monoisotopic (exact) mass is 843 g/mol. The van der Waals surface area contributed by atoms with Gasteiger partial charge in [-0.15, -0.1) is 6.58 Å². The predicted molar refractivity (Wildman–Crippen MR) is 231 cm³/mol. The van der Waals surface area contributed by atoms with Crippen molar-refractivity contribution in [3.05, 3.63) is 97.3 Å². The summed E-state index contributed by atoms with van der Waals surface area (Å²) in [6, 6.07) is 13.8. The zero-order chi connectivity index (χ0) is 42.1. The zero-order valence-electron chi connectivity index (χ0n) is 34.8. The van der Waals surface area contributed by atoms with Crippen LogP contribution < -0.4 is 9.47 Å². The number of aromatic nitrogens is 1. The second-order valence-corrected chi connectivity index (χ2v) is 18.1. The number of benzene rings is 2. The van der Waals surface area contributed by atoms with Crippen LogP contribution >= 0.6 is 0 Å². The number of rotatable bonds is 21. The van der Waals surface area contributed by atoms with Gasteiger partial charge in [-0.1, -0.05) is 67.9 Å². The standard InChI is InChI=1S/C47H61N3O9S/c1-4-24-50(60(53,54)41-19-13-16-33-17-14-23-48-46(33)41)42-32-39(49-59-43-20-9-12-29-56-43)37-30-34(15-7-10-25-51)36(18-8-11-26-52)44-38-31-35(55-27-5-2)21-22-40(38)58-47(42,45(37)44)57-28-6-3/h5-6,13-14,16-17,19,21-23,30-31,34,36,42-45,51-52H,2-4,7-12,15,18,20,24-29,32H2,1H3. The molecule has 3 aromatic rings. The zero-order valence-corrected chi connectivity index (χ0v) is 35.6. The molecular weight excluding hydrogens is 783 g/mol. The van der Waals surface area contributed by atoms with Crippen molar-refractivity contribution in [1.82, 2.24) is 9.29 Å². The minimum atomic E-state index is -4.27. The lowest BCUT2D eigenvalue weighted by atomic mass is 9.55. The number of unbranched alkanes of at least 4 members (excludes halogenated alkanes) is 2. The van der Waals surface area contributed by atoms with Crippen LogP contribution in [0.4, 0.5) is 0 Å². The van der Waals surface area contributed by atoms with Gasteiger partial charge in [-0.3, -0.25) is 4.98 Å². The number of aliphatic hydroxyl groups excluding tert-OH is 2. The Morgan fingerprint density at radius 3 is 2.57 bits per heavy atom. The number of para-hydroxylation sites is 1. The fraction of sp³-hybridized carbons (Fsp3) is 0.532. The summed E-state index contributed by atoms with van der Waals surface area (Å²) in [6.45, 7) is 11.2. The van der Waals surface area contributed by atoms with Gasteiger partial charge in [0.05, 0.1) is 36.4 Å². The molecule has 324 valence electrons. The molecule has 2 aromatic carbocycles. The minimum absolute atomic E-state index is 0.0223. The quantitative estimate of drug-likeness (QED) is 0.0613. The van der Waals surface area contributed by atoms with Gasteiger partial charge in [0.25, 0.3) is 0 Å². The highest BCUT2D eigenvalue weighted by molar-refractivity contribution is 7.89. The predicted octanol–water partition coefficient (Wildman–Crippen LogP) is 8.06. The molecule has 2 N–H and O–H groups in total. The van der Waals surface area contributed by atoms with Gasteiger partial charge >= 0.3 is 0 Å². The minimum Gasteiger partial charge on any atom is -0.490 e.